The lowest BCUT2D eigenvalue weighted by Gasteiger charge is -2.29. The van der Waals surface area contributed by atoms with E-state index in [4.69, 9.17) is 10.5 Å². The van der Waals surface area contributed by atoms with Crippen LogP contribution in [0.5, 0.6) is 0 Å². The van der Waals surface area contributed by atoms with E-state index in [9.17, 15) is 0 Å². The smallest absolute Gasteiger partial charge is 0.124 e. The molecule has 0 atom stereocenters. The highest BCUT2D eigenvalue weighted by Crippen LogP contribution is 2.38. The van der Waals surface area contributed by atoms with Crippen molar-refractivity contribution in [3.8, 4) is 0 Å². The summed E-state index contributed by atoms with van der Waals surface area (Å²) in [4.78, 5) is 4.40. The van der Waals surface area contributed by atoms with Crippen LogP contribution in [0.4, 0.5) is 0 Å². The second-order valence-electron chi connectivity index (χ2n) is 5.54. The molecule has 2 aromatic rings. The van der Waals surface area contributed by atoms with Gasteiger partial charge in [0.25, 0.3) is 0 Å². The first-order chi connectivity index (χ1) is 9.55. The summed E-state index contributed by atoms with van der Waals surface area (Å²) in [6.45, 7) is 4.19. The standard InChI is InChI=1S/C15H25N3OS/c1-4-20(2,3)8-7-19-12-18-11-17-14-9-13(10-16)5-6-15(14)18/h5-6,9,11H,4,7-8,10,12,16H2,1-3H3. The Balaban J connectivity index is 1.94. The molecule has 0 unspecified atom stereocenters. The van der Waals surface area contributed by atoms with Crippen LogP contribution in [0, 0.1) is 0 Å². The SMILES string of the molecule is CCS(C)(C)CCOCn1cnc2cc(CN)ccc21. The molecule has 1 heterocycles. The molecule has 0 aliphatic heterocycles. The van der Waals surface area contributed by atoms with Gasteiger partial charge >= 0.3 is 0 Å². The van der Waals surface area contributed by atoms with E-state index in [0.717, 1.165) is 29.0 Å². The fraction of sp³-hybridized carbons (Fsp3) is 0.533. The third-order valence-electron chi connectivity index (χ3n) is 3.71. The number of hydrogen-bond donors (Lipinski definition) is 1. The third-order valence-corrected chi connectivity index (χ3v) is 6.55. The molecular formula is C15H25N3OS. The van der Waals surface area contributed by atoms with Gasteiger partial charge in [0.15, 0.2) is 0 Å². The Hall–Kier alpha value is -1.04. The van der Waals surface area contributed by atoms with E-state index in [1.54, 1.807) is 0 Å². The highest BCUT2D eigenvalue weighted by atomic mass is 32.3. The van der Waals surface area contributed by atoms with E-state index < -0.39 is 10.0 Å². The van der Waals surface area contributed by atoms with Gasteiger partial charge in [0, 0.05) is 12.3 Å². The summed E-state index contributed by atoms with van der Waals surface area (Å²) >= 11 is 0. The van der Waals surface area contributed by atoms with Crippen LogP contribution in [0.3, 0.4) is 0 Å². The fourth-order valence-corrected chi connectivity index (χ4v) is 2.79. The van der Waals surface area contributed by atoms with Crippen molar-refractivity contribution in [3.05, 3.63) is 30.1 Å². The predicted octanol–water partition coefficient (Wildman–Crippen LogP) is 2.55. The molecule has 0 fully saturated rings. The average Bonchev–Trinajstić information content (AvgIpc) is 2.86. The number of rotatable bonds is 7. The zero-order valence-corrected chi connectivity index (χ0v) is 13.4. The Morgan fingerprint density at radius 2 is 2.15 bits per heavy atom. The number of nitrogens with zero attached hydrogens (tertiary/aromatic N) is 2. The van der Waals surface area contributed by atoms with Gasteiger partial charge < -0.3 is 15.0 Å². The van der Waals surface area contributed by atoms with Crippen molar-refractivity contribution in [1.82, 2.24) is 9.55 Å². The third kappa shape index (κ3) is 3.75. The van der Waals surface area contributed by atoms with Crippen molar-refractivity contribution >= 4 is 21.1 Å². The summed E-state index contributed by atoms with van der Waals surface area (Å²) in [5, 5.41) is 0. The maximum Gasteiger partial charge on any atom is 0.124 e. The number of hydrogen-bond acceptors (Lipinski definition) is 3. The summed E-state index contributed by atoms with van der Waals surface area (Å²) < 4.78 is 7.85. The minimum Gasteiger partial charge on any atom is -0.360 e. The van der Waals surface area contributed by atoms with Crippen molar-refractivity contribution in [1.29, 1.82) is 0 Å². The summed E-state index contributed by atoms with van der Waals surface area (Å²) in [5.41, 5.74) is 8.83. The van der Waals surface area contributed by atoms with Crippen molar-refractivity contribution in [3.63, 3.8) is 0 Å². The normalized spacial score (nSPS) is 13.0. The highest BCUT2D eigenvalue weighted by Gasteiger charge is 2.08. The van der Waals surface area contributed by atoms with Crippen LogP contribution in [-0.4, -0.2) is 40.2 Å². The van der Waals surface area contributed by atoms with E-state index in [2.05, 4.69) is 30.5 Å². The number of nitrogens with two attached hydrogens (primary N) is 1. The molecule has 2 N–H and O–H groups in total. The Bertz CT molecular complexity index is 565. The zero-order chi connectivity index (χ0) is 14.6. The minimum absolute atomic E-state index is 0.476. The summed E-state index contributed by atoms with van der Waals surface area (Å²) in [5.74, 6) is 2.42. The van der Waals surface area contributed by atoms with Crippen LogP contribution in [0.15, 0.2) is 24.5 Å². The van der Waals surface area contributed by atoms with Crippen LogP contribution < -0.4 is 5.73 Å². The number of imidazole rings is 1. The Morgan fingerprint density at radius 1 is 1.35 bits per heavy atom. The molecule has 0 aliphatic rings. The van der Waals surface area contributed by atoms with E-state index in [-0.39, 0.29) is 0 Å². The Kier molecular flexibility index (Phi) is 5.07. The second-order valence-corrected chi connectivity index (χ2v) is 10.1. The molecule has 4 nitrogen and oxygen atoms in total. The van der Waals surface area contributed by atoms with Gasteiger partial charge in [0.2, 0.25) is 0 Å². The number of ether oxygens (including phenoxy) is 1. The molecule has 0 bridgehead atoms. The van der Waals surface area contributed by atoms with Gasteiger partial charge in [-0.05, 0) is 36.0 Å². The minimum atomic E-state index is -0.476. The lowest BCUT2D eigenvalue weighted by Crippen LogP contribution is -2.11. The lowest BCUT2D eigenvalue weighted by atomic mass is 10.2. The molecule has 0 aliphatic carbocycles. The van der Waals surface area contributed by atoms with Crippen molar-refractivity contribution < 1.29 is 4.74 Å². The monoisotopic (exact) mass is 295 g/mol. The van der Waals surface area contributed by atoms with Gasteiger partial charge in [-0.1, -0.05) is 13.0 Å². The van der Waals surface area contributed by atoms with Gasteiger partial charge in [-0.15, -0.1) is 0 Å². The molecule has 0 saturated carbocycles. The van der Waals surface area contributed by atoms with Crippen LogP contribution in [0.2, 0.25) is 0 Å². The van der Waals surface area contributed by atoms with Crippen molar-refractivity contribution in [2.75, 3.05) is 30.6 Å². The first-order valence-electron chi connectivity index (χ1n) is 6.96. The van der Waals surface area contributed by atoms with Gasteiger partial charge in [-0.25, -0.2) is 15.0 Å². The average molecular weight is 295 g/mol. The quantitative estimate of drug-likeness (QED) is 0.799. The number of benzene rings is 1. The van der Waals surface area contributed by atoms with Gasteiger partial charge in [0.1, 0.15) is 6.73 Å². The van der Waals surface area contributed by atoms with Crippen LogP contribution >= 0.6 is 10.0 Å². The topological polar surface area (TPSA) is 53.1 Å². The number of aromatic nitrogens is 2. The molecule has 0 saturated heterocycles. The molecule has 5 heteroatoms. The summed E-state index contributed by atoms with van der Waals surface area (Å²) in [7, 11) is -0.476. The molecule has 1 aromatic carbocycles. The maximum atomic E-state index is 5.80. The van der Waals surface area contributed by atoms with E-state index in [0.29, 0.717) is 13.3 Å². The highest BCUT2D eigenvalue weighted by molar-refractivity contribution is 8.32. The largest absolute Gasteiger partial charge is 0.360 e. The van der Waals surface area contributed by atoms with E-state index >= 15 is 0 Å². The van der Waals surface area contributed by atoms with Crippen molar-refractivity contribution in [2.45, 2.75) is 20.2 Å². The summed E-state index contributed by atoms with van der Waals surface area (Å²) in [6.07, 6.45) is 6.55. The van der Waals surface area contributed by atoms with Crippen LogP contribution in [-0.2, 0) is 18.0 Å². The molecule has 0 radical (unpaired) electrons. The second kappa shape index (κ2) is 6.61. The zero-order valence-electron chi connectivity index (χ0n) is 12.6. The molecule has 0 spiro atoms. The molecule has 1 aromatic heterocycles. The van der Waals surface area contributed by atoms with E-state index in [1.807, 2.05) is 23.0 Å². The molecular weight excluding hydrogens is 270 g/mol. The van der Waals surface area contributed by atoms with Crippen LogP contribution in [0.1, 0.15) is 12.5 Å². The molecule has 0 amide bonds. The van der Waals surface area contributed by atoms with E-state index in [1.165, 1.54) is 5.75 Å². The van der Waals surface area contributed by atoms with Gasteiger partial charge in [-0.2, -0.15) is 0 Å². The number of fused-ring (bicyclic) bond motifs is 1. The molecule has 112 valence electrons. The predicted molar refractivity (Wildman–Crippen MR) is 88.4 cm³/mol. The Morgan fingerprint density at radius 3 is 2.85 bits per heavy atom. The Labute approximate surface area is 122 Å². The van der Waals surface area contributed by atoms with Crippen LogP contribution in [0.25, 0.3) is 11.0 Å². The first-order valence-corrected chi connectivity index (χ1v) is 9.75. The fourth-order valence-electron chi connectivity index (χ4n) is 1.93. The molecule has 2 rings (SSSR count). The van der Waals surface area contributed by atoms with Gasteiger partial charge in [0.05, 0.1) is 24.0 Å². The van der Waals surface area contributed by atoms with Gasteiger partial charge in [-0.3, -0.25) is 0 Å². The maximum absolute atomic E-state index is 5.80. The lowest BCUT2D eigenvalue weighted by molar-refractivity contribution is 0.0923. The molecule has 20 heavy (non-hydrogen) atoms. The summed E-state index contributed by atoms with van der Waals surface area (Å²) in [6, 6.07) is 6.15. The first kappa shape index (κ1) is 15.4. The van der Waals surface area contributed by atoms with Crippen molar-refractivity contribution in [2.24, 2.45) is 5.73 Å².